The lowest BCUT2D eigenvalue weighted by molar-refractivity contribution is 0.190. The maximum atomic E-state index is 9.12. The van der Waals surface area contributed by atoms with Gasteiger partial charge < -0.3 is 15.6 Å². The van der Waals surface area contributed by atoms with E-state index in [4.69, 9.17) is 15.6 Å². The lowest BCUT2D eigenvalue weighted by Gasteiger charge is -2.11. The van der Waals surface area contributed by atoms with Crippen LogP contribution in [0.1, 0.15) is 18.4 Å². The maximum Gasteiger partial charge on any atom is 0.115 e. The first kappa shape index (κ1) is 12.0. The van der Waals surface area contributed by atoms with Crippen LogP contribution in [-0.4, -0.2) is 24.9 Å². The number of phenols is 1. The lowest BCUT2D eigenvalue weighted by Crippen LogP contribution is -2.23. The van der Waals surface area contributed by atoms with E-state index in [1.54, 1.807) is 19.2 Å². The molecule has 3 heteroatoms. The van der Waals surface area contributed by atoms with Crippen molar-refractivity contribution in [3.63, 3.8) is 0 Å². The third-order valence-corrected chi connectivity index (χ3v) is 2.36. The van der Waals surface area contributed by atoms with Gasteiger partial charge >= 0.3 is 0 Å². The van der Waals surface area contributed by atoms with Gasteiger partial charge in [0.1, 0.15) is 5.75 Å². The molecule has 0 saturated heterocycles. The zero-order valence-electron chi connectivity index (χ0n) is 9.15. The molecule has 0 heterocycles. The zero-order valence-corrected chi connectivity index (χ0v) is 9.15. The fourth-order valence-corrected chi connectivity index (χ4v) is 1.53. The Morgan fingerprint density at radius 2 is 2.00 bits per heavy atom. The average molecular weight is 209 g/mol. The van der Waals surface area contributed by atoms with E-state index in [-0.39, 0.29) is 6.04 Å². The molecule has 0 bridgehead atoms. The number of hydrogen-bond acceptors (Lipinski definition) is 3. The number of aromatic hydroxyl groups is 1. The van der Waals surface area contributed by atoms with Crippen molar-refractivity contribution in [2.75, 3.05) is 13.7 Å². The molecule has 0 spiro atoms. The fraction of sp³-hybridized carbons (Fsp3) is 0.500. The van der Waals surface area contributed by atoms with Gasteiger partial charge in [0.2, 0.25) is 0 Å². The fourth-order valence-electron chi connectivity index (χ4n) is 1.53. The van der Waals surface area contributed by atoms with Crippen LogP contribution in [0.25, 0.3) is 0 Å². The van der Waals surface area contributed by atoms with E-state index in [9.17, 15) is 0 Å². The molecular weight excluding hydrogens is 190 g/mol. The van der Waals surface area contributed by atoms with Gasteiger partial charge in [-0.1, -0.05) is 12.1 Å². The van der Waals surface area contributed by atoms with Crippen molar-refractivity contribution in [1.29, 1.82) is 0 Å². The van der Waals surface area contributed by atoms with E-state index < -0.39 is 0 Å². The summed E-state index contributed by atoms with van der Waals surface area (Å²) < 4.78 is 4.97. The Morgan fingerprint density at radius 3 is 2.60 bits per heavy atom. The highest BCUT2D eigenvalue weighted by Gasteiger charge is 2.03. The van der Waals surface area contributed by atoms with Crippen LogP contribution in [0.5, 0.6) is 5.75 Å². The summed E-state index contributed by atoms with van der Waals surface area (Å²) in [5, 5.41) is 9.12. The third-order valence-electron chi connectivity index (χ3n) is 2.36. The standard InChI is InChI=1S/C12H19NO2/c1-15-8-2-3-11(13)9-10-4-6-12(14)7-5-10/h4-7,11,14H,2-3,8-9,13H2,1H3. The first-order valence-corrected chi connectivity index (χ1v) is 5.25. The monoisotopic (exact) mass is 209 g/mol. The van der Waals surface area contributed by atoms with E-state index in [0.717, 1.165) is 31.4 Å². The highest BCUT2D eigenvalue weighted by molar-refractivity contribution is 5.26. The molecule has 1 rings (SSSR count). The first-order chi connectivity index (χ1) is 7.22. The van der Waals surface area contributed by atoms with E-state index in [0.29, 0.717) is 5.75 Å². The Kier molecular flexibility index (Phi) is 5.15. The molecule has 0 aliphatic carbocycles. The molecular formula is C12H19NO2. The molecule has 0 fully saturated rings. The van der Waals surface area contributed by atoms with Crippen LogP contribution in [0.4, 0.5) is 0 Å². The number of methoxy groups -OCH3 is 1. The van der Waals surface area contributed by atoms with Gasteiger partial charge in [-0.3, -0.25) is 0 Å². The molecule has 0 saturated carbocycles. The lowest BCUT2D eigenvalue weighted by atomic mass is 10.0. The molecule has 3 N–H and O–H groups in total. The minimum absolute atomic E-state index is 0.171. The topological polar surface area (TPSA) is 55.5 Å². The first-order valence-electron chi connectivity index (χ1n) is 5.25. The summed E-state index contributed by atoms with van der Waals surface area (Å²) in [6, 6.07) is 7.37. The van der Waals surface area contributed by atoms with E-state index >= 15 is 0 Å². The van der Waals surface area contributed by atoms with Crippen LogP contribution in [0.3, 0.4) is 0 Å². The molecule has 15 heavy (non-hydrogen) atoms. The second kappa shape index (κ2) is 6.43. The van der Waals surface area contributed by atoms with Crippen LogP contribution >= 0.6 is 0 Å². The summed E-state index contributed by atoms with van der Waals surface area (Å²) in [5.74, 6) is 0.298. The normalized spacial score (nSPS) is 12.7. The Labute approximate surface area is 90.9 Å². The van der Waals surface area contributed by atoms with Gasteiger partial charge in [0.25, 0.3) is 0 Å². The van der Waals surface area contributed by atoms with Crippen molar-refractivity contribution in [2.24, 2.45) is 5.73 Å². The van der Waals surface area contributed by atoms with Gasteiger partial charge in [0.05, 0.1) is 0 Å². The summed E-state index contributed by atoms with van der Waals surface area (Å²) in [6.07, 6.45) is 2.81. The van der Waals surface area contributed by atoms with Crippen molar-refractivity contribution in [2.45, 2.75) is 25.3 Å². The molecule has 0 aromatic heterocycles. The maximum absolute atomic E-state index is 9.12. The Balaban J connectivity index is 2.31. The van der Waals surface area contributed by atoms with E-state index in [2.05, 4.69) is 0 Å². The quantitative estimate of drug-likeness (QED) is 0.701. The van der Waals surface area contributed by atoms with Crippen molar-refractivity contribution < 1.29 is 9.84 Å². The SMILES string of the molecule is COCCCC(N)Cc1ccc(O)cc1. The second-order valence-corrected chi connectivity index (χ2v) is 3.77. The van der Waals surface area contributed by atoms with Crippen LogP contribution in [-0.2, 0) is 11.2 Å². The molecule has 1 aromatic carbocycles. The highest BCUT2D eigenvalue weighted by Crippen LogP contribution is 2.12. The Morgan fingerprint density at radius 1 is 1.33 bits per heavy atom. The molecule has 0 amide bonds. The van der Waals surface area contributed by atoms with Gasteiger partial charge in [-0.25, -0.2) is 0 Å². The largest absolute Gasteiger partial charge is 0.508 e. The zero-order chi connectivity index (χ0) is 11.1. The van der Waals surface area contributed by atoms with Crippen LogP contribution < -0.4 is 5.73 Å². The molecule has 1 aromatic rings. The van der Waals surface area contributed by atoms with E-state index in [1.807, 2.05) is 12.1 Å². The molecule has 1 unspecified atom stereocenters. The van der Waals surface area contributed by atoms with Crippen LogP contribution in [0.15, 0.2) is 24.3 Å². The molecule has 84 valence electrons. The molecule has 0 aliphatic rings. The Hall–Kier alpha value is -1.06. The smallest absolute Gasteiger partial charge is 0.115 e. The minimum atomic E-state index is 0.171. The predicted molar refractivity (Wildman–Crippen MR) is 60.9 cm³/mol. The van der Waals surface area contributed by atoms with Crippen molar-refractivity contribution in [1.82, 2.24) is 0 Å². The van der Waals surface area contributed by atoms with Crippen LogP contribution in [0, 0.1) is 0 Å². The summed E-state index contributed by atoms with van der Waals surface area (Å²) in [4.78, 5) is 0. The van der Waals surface area contributed by atoms with E-state index in [1.165, 1.54) is 0 Å². The number of phenolic OH excluding ortho intramolecular Hbond substituents is 1. The second-order valence-electron chi connectivity index (χ2n) is 3.77. The van der Waals surface area contributed by atoms with Gasteiger partial charge in [-0.15, -0.1) is 0 Å². The average Bonchev–Trinajstić information content (AvgIpc) is 2.22. The molecule has 1 atom stereocenters. The summed E-state index contributed by atoms with van der Waals surface area (Å²) >= 11 is 0. The number of ether oxygens (including phenoxy) is 1. The minimum Gasteiger partial charge on any atom is -0.508 e. The summed E-state index contributed by atoms with van der Waals surface area (Å²) in [5.41, 5.74) is 7.13. The number of nitrogens with two attached hydrogens (primary N) is 1. The number of benzene rings is 1. The third kappa shape index (κ3) is 4.81. The predicted octanol–water partition coefficient (Wildman–Crippen LogP) is 1.69. The molecule has 0 radical (unpaired) electrons. The van der Waals surface area contributed by atoms with Crippen molar-refractivity contribution in [3.8, 4) is 5.75 Å². The number of rotatable bonds is 6. The molecule has 3 nitrogen and oxygen atoms in total. The summed E-state index contributed by atoms with van der Waals surface area (Å²) in [6.45, 7) is 0.767. The van der Waals surface area contributed by atoms with Crippen LogP contribution in [0.2, 0.25) is 0 Å². The van der Waals surface area contributed by atoms with Gasteiger partial charge in [0, 0.05) is 19.8 Å². The van der Waals surface area contributed by atoms with Gasteiger partial charge in [-0.05, 0) is 37.0 Å². The summed E-state index contributed by atoms with van der Waals surface area (Å²) in [7, 11) is 1.70. The van der Waals surface area contributed by atoms with Crippen molar-refractivity contribution in [3.05, 3.63) is 29.8 Å². The highest BCUT2D eigenvalue weighted by atomic mass is 16.5. The van der Waals surface area contributed by atoms with Gasteiger partial charge in [0.15, 0.2) is 0 Å². The van der Waals surface area contributed by atoms with Gasteiger partial charge in [-0.2, -0.15) is 0 Å². The molecule has 0 aliphatic heterocycles. The van der Waals surface area contributed by atoms with Crippen molar-refractivity contribution >= 4 is 0 Å². The number of hydrogen-bond donors (Lipinski definition) is 2. The Bertz CT molecular complexity index is 271.